The van der Waals surface area contributed by atoms with Crippen LogP contribution in [0.2, 0.25) is 0 Å². The van der Waals surface area contributed by atoms with Crippen molar-refractivity contribution in [1.29, 1.82) is 0 Å². The lowest BCUT2D eigenvalue weighted by atomic mass is 9.33. The van der Waals surface area contributed by atoms with Crippen molar-refractivity contribution in [2.75, 3.05) is 6.61 Å². The maximum Gasteiger partial charge on any atom is 0.315 e. The molecule has 5 aliphatic carbocycles. The van der Waals surface area contributed by atoms with E-state index < -0.39 is 60.2 Å². The average molecular weight is 635 g/mol. The zero-order valence-electron chi connectivity index (χ0n) is 28.3. The zero-order valence-corrected chi connectivity index (χ0v) is 28.3. The summed E-state index contributed by atoms with van der Waals surface area (Å²) >= 11 is 0. The van der Waals surface area contributed by atoms with Crippen LogP contribution in [-0.4, -0.2) is 85.6 Å². The fourth-order valence-corrected chi connectivity index (χ4v) is 12.2. The topological polar surface area (TPSA) is 157 Å². The Morgan fingerprint density at radius 3 is 2.24 bits per heavy atom. The molecule has 45 heavy (non-hydrogen) atoms. The highest BCUT2D eigenvalue weighted by Crippen LogP contribution is 2.76. The summed E-state index contributed by atoms with van der Waals surface area (Å²) in [6, 6.07) is 0. The van der Waals surface area contributed by atoms with Gasteiger partial charge in [-0.15, -0.1) is 0 Å². The predicted molar refractivity (Wildman–Crippen MR) is 166 cm³/mol. The van der Waals surface area contributed by atoms with Gasteiger partial charge in [-0.3, -0.25) is 4.79 Å². The van der Waals surface area contributed by atoms with Gasteiger partial charge in [-0.1, -0.05) is 53.2 Å². The molecule has 0 aromatic carbocycles. The van der Waals surface area contributed by atoms with E-state index in [1.165, 1.54) is 0 Å². The number of allylic oxidation sites excluding steroid dienone is 1. The summed E-state index contributed by atoms with van der Waals surface area (Å²) in [5.41, 5.74) is -1.51. The Hall–Kier alpha value is -1.07. The normalized spacial score (nSPS) is 55.7. The van der Waals surface area contributed by atoms with Crippen molar-refractivity contribution in [3.63, 3.8) is 0 Å². The number of esters is 1. The number of carbonyl (C=O) groups is 1. The van der Waals surface area contributed by atoms with Crippen LogP contribution in [0, 0.1) is 50.7 Å². The van der Waals surface area contributed by atoms with Crippen LogP contribution < -0.4 is 0 Å². The summed E-state index contributed by atoms with van der Waals surface area (Å²) in [4.78, 5) is 14.4. The molecular weight excluding hydrogens is 576 g/mol. The molecule has 5 fully saturated rings. The van der Waals surface area contributed by atoms with Crippen LogP contribution in [0.3, 0.4) is 0 Å². The van der Waals surface area contributed by atoms with Crippen LogP contribution in [0.5, 0.6) is 0 Å². The number of aliphatic hydroxyl groups excluding tert-OH is 5. The van der Waals surface area contributed by atoms with Gasteiger partial charge in [0.1, 0.15) is 24.4 Å². The number of rotatable bonds is 3. The molecule has 0 aromatic heterocycles. The largest absolute Gasteiger partial charge is 0.432 e. The molecule has 6 rings (SSSR count). The molecular formula is C36H58O9. The minimum atomic E-state index is -1.68. The van der Waals surface area contributed by atoms with E-state index in [1.807, 2.05) is 13.8 Å². The Morgan fingerprint density at radius 2 is 1.58 bits per heavy atom. The van der Waals surface area contributed by atoms with Crippen molar-refractivity contribution < 1.29 is 44.9 Å². The lowest BCUT2D eigenvalue weighted by Crippen LogP contribution is -2.68. The van der Waals surface area contributed by atoms with Gasteiger partial charge in [0.05, 0.1) is 23.7 Å². The van der Waals surface area contributed by atoms with Crippen molar-refractivity contribution >= 4 is 5.97 Å². The molecule has 6 aliphatic rings. The van der Waals surface area contributed by atoms with Gasteiger partial charge in [0.2, 0.25) is 6.29 Å². The summed E-state index contributed by atoms with van der Waals surface area (Å²) in [6.07, 6.45) is 1.59. The van der Waals surface area contributed by atoms with E-state index in [2.05, 4.69) is 40.7 Å². The lowest BCUT2D eigenvalue weighted by Gasteiger charge is -2.71. The molecule has 15 atom stereocenters. The molecule has 256 valence electrons. The smallest absolute Gasteiger partial charge is 0.315 e. The van der Waals surface area contributed by atoms with Crippen LogP contribution >= 0.6 is 0 Å². The SMILES string of the molecule is C[C@@H]1CC[C@]2(C(=O)O[C@@H]3O[C@H](CO)[C@@H](O)[C@H](O)[C@H]3O)CC[C@]3(C)C(=CCC4[C@@]5(C)CC[C@H](O)C(C)(C)[C@@H]5CC[C@]43C)[C@@H]2[C@]1(C)O. The van der Waals surface area contributed by atoms with E-state index in [9.17, 15) is 35.4 Å². The van der Waals surface area contributed by atoms with Gasteiger partial charge >= 0.3 is 5.97 Å². The molecule has 0 bridgehead atoms. The van der Waals surface area contributed by atoms with Gasteiger partial charge in [-0.05, 0) is 104 Å². The van der Waals surface area contributed by atoms with Crippen molar-refractivity contribution in [1.82, 2.24) is 0 Å². The molecule has 0 aromatic rings. The highest BCUT2D eigenvalue weighted by Gasteiger charge is 2.71. The van der Waals surface area contributed by atoms with Gasteiger partial charge in [-0.2, -0.15) is 0 Å². The molecule has 6 N–H and O–H groups in total. The van der Waals surface area contributed by atoms with Gasteiger partial charge < -0.3 is 40.1 Å². The molecule has 0 radical (unpaired) electrons. The molecule has 1 saturated heterocycles. The first kappa shape index (κ1) is 33.8. The minimum Gasteiger partial charge on any atom is -0.432 e. The second-order valence-corrected chi connectivity index (χ2v) is 17.5. The standard InChI is InChI=1S/C36H58O9/c1-19-10-15-36(30(42)45-29-27(41)26(40)25(39)21(18-37)44-29)17-16-33(5)20(28(36)35(19,7)43)8-9-23-32(4)13-12-24(38)31(2,3)22(32)11-14-34(23,33)6/h8,19,21-29,37-41,43H,9-18H2,1-7H3/t19-,21-,22+,23?,24+,25-,26+,27-,28-,29+,32+,33-,34-,35-,36+/m1/s1. The third-order valence-corrected chi connectivity index (χ3v) is 15.5. The van der Waals surface area contributed by atoms with Gasteiger partial charge in [0.25, 0.3) is 0 Å². The van der Waals surface area contributed by atoms with Crippen molar-refractivity contribution in [3.05, 3.63) is 11.6 Å². The first-order valence-electron chi connectivity index (χ1n) is 17.5. The Bertz CT molecular complexity index is 1210. The molecule has 0 amide bonds. The number of carbonyl (C=O) groups excluding carboxylic acids is 1. The summed E-state index contributed by atoms with van der Waals surface area (Å²) < 4.78 is 11.5. The van der Waals surface area contributed by atoms with E-state index in [0.717, 1.165) is 44.1 Å². The van der Waals surface area contributed by atoms with Gasteiger partial charge in [0, 0.05) is 5.92 Å². The highest BCUT2D eigenvalue weighted by atomic mass is 16.7. The van der Waals surface area contributed by atoms with Crippen LogP contribution in [0.15, 0.2) is 11.6 Å². The number of hydrogen-bond acceptors (Lipinski definition) is 9. The minimum absolute atomic E-state index is 0.0571. The van der Waals surface area contributed by atoms with E-state index in [4.69, 9.17) is 9.47 Å². The van der Waals surface area contributed by atoms with Crippen molar-refractivity contribution in [2.24, 2.45) is 50.7 Å². The first-order chi connectivity index (χ1) is 20.8. The summed E-state index contributed by atoms with van der Waals surface area (Å²) in [5.74, 6) is -0.308. The zero-order chi connectivity index (χ0) is 33.1. The fourth-order valence-electron chi connectivity index (χ4n) is 12.2. The van der Waals surface area contributed by atoms with E-state index in [-0.39, 0.29) is 33.7 Å². The molecule has 9 heteroatoms. The highest BCUT2D eigenvalue weighted by molar-refractivity contribution is 5.79. The molecule has 1 heterocycles. The van der Waals surface area contributed by atoms with Crippen LogP contribution in [0.1, 0.15) is 106 Å². The molecule has 4 saturated carbocycles. The maximum atomic E-state index is 14.4. The quantitative estimate of drug-likeness (QED) is 0.202. The fraction of sp³-hybridized carbons (Fsp3) is 0.917. The van der Waals surface area contributed by atoms with Gasteiger partial charge in [-0.25, -0.2) is 0 Å². The third-order valence-electron chi connectivity index (χ3n) is 15.5. The second kappa shape index (κ2) is 10.7. The maximum absolute atomic E-state index is 14.4. The van der Waals surface area contributed by atoms with Crippen molar-refractivity contribution in [3.8, 4) is 0 Å². The lowest BCUT2D eigenvalue weighted by molar-refractivity contribution is -0.299. The molecule has 0 spiro atoms. The summed E-state index contributed by atoms with van der Waals surface area (Å²) in [6.45, 7) is 15.1. The number of ether oxygens (including phenoxy) is 2. The predicted octanol–water partition coefficient (Wildman–Crippen LogP) is 3.46. The Labute approximate surface area is 268 Å². The molecule has 1 unspecified atom stereocenters. The summed E-state index contributed by atoms with van der Waals surface area (Å²) in [5, 5.41) is 64.4. The van der Waals surface area contributed by atoms with Crippen LogP contribution in [0.4, 0.5) is 0 Å². The Kier molecular flexibility index (Phi) is 8.05. The monoisotopic (exact) mass is 634 g/mol. The number of hydrogen-bond donors (Lipinski definition) is 6. The number of fused-ring (bicyclic) bond motifs is 7. The van der Waals surface area contributed by atoms with E-state index in [0.29, 0.717) is 31.1 Å². The Morgan fingerprint density at radius 1 is 0.889 bits per heavy atom. The Balaban J connectivity index is 1.39. The van der Waals surface area contributed by atoms with Gasteiger partial charge in [0.15, 0.2) is 0 Å². The molecule has 1 aliphatic heterocycles. The third kappa shape index (κ3) is 4.39. The van der Waals surface area contributed by atoms with E-state index >= 15 is 0 Å². The molecule has 9 nitrogen and oxygen atoms in total. The van der Waals surface area contributed by atoms with Crippen LogP contribution in [-0.2, 0) is 14.3 Å². The van der Waals surface area contributed by atoms with Crippen molar-refractivity contribution in [2.45, 2.75) is 149 Å². The van der Waals surface area contributed by atoms with Crippen LogP contribution in [0.25, 0.3) is 0 Å². The second-order valence-electron chi connectivity index (χ2n) is 17.5. The average Bonchev–Trinajstić information content (AvgIpc) is 2.97. The van der Waals surface area contributed by atoms with E-state index in [1.54, 1.807) is 0 Å². The summed E-state index contributed by atoms with van der Waals surface area (Å²) in [7, 11) is 0. The first-order valence-corrected chi connectivity index (χ1v) is 17.5. The number of aliphatic hydroxyl groups is 6.